The molecule has 1 amide bonds. The Kier molecular flexibility index (Phi) is 10.2. The van der Waals surface area contributed by atoms with Crippen LogP contribution in [0.1, 0.15) is 53.2 Å². The molecule has 30 heavy (non-hydrogen) atoms. The van der Waals surface area contributed by atoms with Crippen LogP contribution in [0.25, 0.3) is 0 Å². The van der Waals surface area contributed by atoms with Crippen molar-refractivity contribution in [3.63, 3.8) is 0 Å². The van der Waals surface area contributed by atoms with E-state index in [-0.39, 0.29) is 39.2 Å². The van der Waals surface area contributed by atoms with Crippen LogP contribution < -0.4 is 5.32 Å². The summed E-state index contributed by atoms with van der Waals surface area (Å²) in [4.78, 5) is 41.4. The van der Waals surface area contributed by atoms with Crippen LogP contribution in [-0.2, 0) is 35.1 Å². The van der Waals surface area contributed by atoms with E-state index in [9.17, 15) is 14.4 Å². The third-order valence-corrected chi connectivity index (χ3v) is 3.78. The maximum absolute atomic E-state index is 12.7. The number of carbonyl (C=O) groups is 3. The summed E-state index contributed by atoms with van der Waals surface area (Å²) in [6.07, 6.45) is 1.20. The van der Waals surface area contributed by atoms with Crippen molar-refractivity contribution in [2.75, 3.05) is 19.8 Å². The minimum absolute atomic E-state index is 0.0483. The first-order chi connectivity index (χ1) is 14.1. The Labute approximate surface area is 177 Å². The number of esters is 2. The molecule has 168 valence electrons. The maximum Gasteiger partial charge on any atom is 0.407 e. The van der Waals surface area contributed by atoms with Crippen molar-refractivity contribution in [2.45, 2.75) is 65.3 Å². The number of nitrogens with one attached hydrogen (secondary N) is 1. The van der Waals surface area contributed by atoms with Gasteiger partial charge >= 0.3 is 18.0 Å². The van der Waals surface area contributed by atoms with Crippen LogP contribution in [0, 0.1) is 0 Å². The Balaban J connectivity index is 2.91. The Morgan fingerprint density at radius 2 is 1.67 bits per heavy atom. The summed E-state index contributed by atoms with van der Waals surface area (Å²) in [5.41, 5.74) is -2.04. The van der Waals surface area contributed by atoms with Gasteiger partial charge in [0.05, 0.1) is 25.5 Å². The van der Waals surface area contributed by atoms with Gasteiger partial charge in [-0.25, -0.2) is 14.4 Å². The molecule has 0 bridgehead atoms. The van der Waals surface area contributed by atoms with Crippen molar-refractivity contribution in [2.24, 2.45) is 0 Å². The van der Waals surface area contributed by atoms with Gasteiger partial charge in [0.25, 0.3) is 5.60 Å². The number of nitrogens with zero attached hydrogens (tertiary/aromatic N) is 1. The molecule has 0 fully saturated rings. The molecule has 1 rings (SSSR count). The van der Waals surface area contributed by atoms with Crippen LogP contribution in [0.15, 0.2) is 24.4 Å². The Hall–Kier alpha value is -2.68. The van der Waals surface area contributed by atoms with Gasteiger partial charge in [0.2, 0.25) is 0 Å². The van der Waals surface area contributed by atoms with Gasteiger partial charge in [0.15, 0.2) is 0 Å². The third-order valence-electron chi connectivity index (χ3n) is 3.78. The molecule has 0 atom stereocenters. The van der Waals surface area contributed by atoms with E-state index in [0.29, 0.717) is 5.69 Å². The SMILES string of the molecule is CCOC(=O)C(CCCNC(=O)OC(C)(C)C)(OCc1ccccn1)C(=O)OCC. The second kappa shape index (κ2) is 12.1. The number of pyridine rings is 1. The zero-order valence-corrected chi connectivity index (χ0v) is 18.4. The molecule has 1 heterocycles. The summed E-state index contributed by atoms with van der Waals surface area (Å²) in [6, 6.07) is 5.23. The zero-order chi connectivity index (χ0) is 22.6. The van der Waals surface area contributed by atoms with Gasteiger partial charge in [0, 0.05) is 19.2 Å². The van der Waals surface area contributed by atoms with Gasteiger partial charge in [-0.2, -0.15) is 0 Å². The molecule has 1 aromatic heterocycles. The minimum Gasteiger partial charge on any atom is -0.463 e. The predicted molar refractivity (Wildman–Crippen MR) is 108 cm³/mol. The second-order valence-corrected chi connectivity index (χ2v) is 7.41. The standard InChI is InChI=1S/C21H32N2O7/c1-6-27-17(24)21(18(25)28-7-2,29-15-16-11-8-9-13-22-16)12-10-14-23-19(26)30-20(3,4)5/h8-9,11,13H,6-7,10,12,14-15H2,1-5H3,(H,23,26). The lowest BCUT2D eigenvalue weighted by atomic mass is 9.97. The highest BCUT2D eigenvalue weighted by Gasteiger charge is 2.50. The fraction of sp³-hybridized carbons (Fsp3) is 0.619. The Bertz CT molecular complexity index is 668. The largest absolute Gasteiger partial charge is 0.463 e. The summed E-state index contributed by atoms with van der Waals surface area (Å²) in [5, 5.41) is 2.59. The number of rotatable bonds is 11. The maximum atomic E-state index is 12.7. The molecule has 0 saturated heterocycles. The lowest BCUT2D eigenvalue weighted by molar-refractivity contribution is -0.194. The fourth-order valence-electron chi connectivity index (χ4n) is 2.50. The molecule has 1 aromatic rings. The van der Waals surface area contributed by atoms with Crippen molar-refractivity contribution < 1.29 is 33.3 Å². The number of alkyl carbamates (subject to hydrolysis) is 1. The average Bonchev–Trinajstić information content (AvgIpc) is 2.67. The number of carbonyl (C=O) groups excluding carboxylic acids is 3. The van der Waals surface area contributed by atoms with E-state index in [1.807, 2.05) is 0 Å². The Morgan fingerprint density at radius 3 is 2.17 bits per heavy atom. The van der Waals surface area contributed by atoms with Gasteiger partial charge in [-0.15, -0.1) is 0 Å². The molecular weight excluding hydrogens is 392 g/mol. The lowest BCUT2D eigenvalue weighted by Crippen LogP contribution is -2.51. The van der Waals surface area contributed by atoms with Gasteiger partial charge < -0.3 is 24.3 Å². The van der Waals surface area contributed by atoms with Gasteiger partial charge in [-0.05, 0) is 53.2 Å². The van der Waals surface area contributed by atoms with Crippen molar-refractivity contribution >= 4 is 18.0 Å². The van der Waals surface area contributed by atoms with Crippen LogP contribution in [0.2, 0.25) is 0 Å². The van der Waals surface area contributed by atoms with E-state index in [1.54, 1.807) is 59.0 Å². The van der Waals surface area contributed by atoms with Crippen LogP contribution in [0.3, 0.4) is 0 Å². The first-order valence-electron chi connectivity index (χ1n) is 9.99. The highest BCUT2D eigenvalue weighted by Crippen LogP contribution is 2.24. The molecule has 9 nitrogen and oxygen atoms in total. The molecule has 0 aliphatic heterocycles. The molecule has 0 unspecified atom stereocenters. The summed E-state index contributed by atoms with van der Waals surface area (Å²) in [6.45, 7) is 8.76. The highest BCUT2D eigenvalue weighted by atomic mass is 16.6. The Morgan fingerprint density at radius 1 is 1.03 bits per heavy atom. The summed E-state index contributed by atoms with van der Waals surface area (Å²) >= 11 is 0. The molecular formula is C21H32N2O7. The van der Waals surface area contributed by atoms with E-state index < -0.39 is 29.2 Å². The van der Waals surface area contributed by atoms with Gasteiger partial charge in [-0.1, -0.05) is 6.07 Å². The molecule has 9 heteroatoms. The number of amides is 1. The molecule has 0 spiro atoms. The summed E-state index contributed by atoms with van der Waals surface area (Å²) < 4.78 is 21.2. The van der Waals surface area contributed by atoms with Crippen molar-refractivity contribution in [3.8, 4) is 0 Å². The fourth-order valence-corrected chi connectivity index (χ4v) is 2.50. The van der Waals surface area contributed by atoms with E-state index in [4.69, 9.17) is 18.9 Å². The first kappa shape index (κ1) is 25.4. The van der Waals surface area contributed by atoms with Crippen molar-refractivity contribution in [1.82, 2.24) is 10.3 Å². The number of ether oxygens (including phenoxy) is 4. The summed E-state index contributed by atoms with van der Waals surface area (Å²) in [7, 11) is 0. The summed E-state index contributed by atoms with van der Waals surface area (Å²) in [5.74, 6) is -1.67. The normalized spacial score (nSPS) is 11.5. The molecule has 0 saturated carbocycles. The van der Waals surface area contributed by atoms with Crippen LogP contribution in [0.5, 0.6) is 0 Å². The molecule has 0 aliphatic rings. The molecule has 0 aromatic carbocycles. The van der Waals surface area contributed by atoms with Crippen molar-refractivity contribution in [1.29, 1.82) is 0 Å². The predicted octanol–water partition coefficient (Wildman–Crippen LogP) is 2.77. The van der Waals surface area contributed by atoms with Crippen LogP contribution in [-0.4, -0.2) is 54.0 Å². The third kappa shape index (κ3) is 8.36. The lowest BCUT2D eigenvalue weighted by Gasteiger charge is -2.29. The molecule has 0 aliphatic carbocycles. The minimum atomic E-state index is -1.96. The number of hydrogen-bond acceptors (Lipinski definition) is 8. The molecule has 0 radical (unpaired) electrons. The quantitative estimate of drug-likeness (QED) is 0.250. The van der Waals surface area contributed by atoms with E-state index in [2.05, 4.69) is 10.3 Å². The first-order valence-corrected chi connectivity index (χ1v) is 9.99. The average molecular weight is 424 g/mol. The van der Waals surface area contributed by atoms with Crippen LogP contribution >= 0.6 is 0 Å². The van der Waals surface area contributed by atoms with Crippen LogP contribution in [0.4, 0.5) is 4.79 Å². The second-order valence-electron chi connectivity index (χ2n) is 7.41. The number of hydrogen-bond donors (Lipinski definition) is 1. The topological polar surface area (TPSA) is 113 Å². The number of aromatic nitrogens is 1. The van der Waals surface area contributed by atoms with Gasteiger partial charge in [0.1, 0.15) is 5.60 Å². The molecule has 1 N–H and O–H groups in total. The monoisotopic (exact) mass is 424 g/mol. The van der Waals surface area contributed by atoms with E-state index >= 15 is 0 Å². The zero-order valence-electron chi connectivity index (χ0n) is 18.4. The van der Waals surface area contributed by atoms with E-state index in [1.165, 1.54) is 0 Å². The smallest absolute Gasteiger partial charge is 0.407 e. The van der Waals surface area contributed by atoms with Crippen molar-refractivity contribution in [3.05, 3.63) is 30.1 Å². The van der Waals surface area contributed by atoms with Gasteiger partial charge in [-0.3, -0.25) is 4.98 Å². The highest BCUT2D eigenvalue weighted by molar-refractivity contribution is 6.03. The van der Waals surface area contributed by atoms with E-state index in [0.717, 1.165) is 0 Å².